The molecule has 0 aliphatic heterocycles. The molecule has 0 heterocycles. The van der Waals surface area contributed by atoms with Gasteiger partial charge in [-0.15, -0.1) is 0 Å². The molecule has 25 heavy (non-hydrogen) atoms. The Morgan fingerprint density at radius 1 is 1.16 bits per heavy atom. The number of aliphatic imine (C=N–C) groups is 1. The van der Waals surface area contributed by atoms with E-state index < -0.39 is 5.97 Å². The maximum absolute atomic E-state index is 12.4. The average molecular weight is 360 g/mol. The molecular formula is C19H18ClNO4. The molecule has 130 valence electrons. The maximum atomic E-state index is 12.4. The number of rotatable bonds is 7. The molecule has 6 heteroatoms. The fourth-order valence-electron chi connectivity index (χ4n) is 2.03. The van der Waals surface area contributed by atoms with Crippen molar-refractivity contribution in [2.24, 2.45) is 4.99 Å². The normalized spacial score (nSPS) is 10.9. The maximum Gasteiger partial charge on any atom is 0.357 e. The Bertz CT molecular complexity index is 785. The summed E-state index contributed by atoms with van der Waals surface area (Å²) in [4.78, 5) is 16.8. The highest BCUT2D eigenvalue weighted by atomic mass is 35.5. The predicted molar refractivity (Wildman–Crippen MR) is 98.4 cm³/mol. The van der Waals surface area contributed by atoms with Crippen molar-refractivity contribution < 1.29 is 19.0 Å². The minimum atomic E-state index is -0.572. The van der Waals surface area contributed by atoms with Crippen LogP contribution in [0.3, 0.4) is 0 Å². The van der Waals surface area contributed by atoms with Gasteiger partial charge in [-0.05, 0) is 42.5 Å². The summed E-state index contributed by atoms with van der Waals surface area (Å²) in [5.41, 5.74) is 1.24. The Hall–Kier alpha value is -2.79. The van der Waals surface area contributed by atoms with Crippen LogP contribution in [0, 0.1) is 0 Å². The molecule has 0 bridgehead atoms. The molecule has 0 saturated heterocycles. The topological polar surface area (TPSA) is 57.1 Å². The first-order valence-electron chi connectivity index (χ1n) is 7.43. The standard InChI is InChI=1S/C19H18ClNO4/c1-4-11-25-19(22)18(13-5-10-17(24-3)16(20)12-13)21-14-6-8-15(23-2)9-7-14/h4-10,12H,1,11H2,2-3H3. The van der Waals surface area contributed by atoms with E-state index >= 15 is 0 Å². The van der Waals surface area contributed by atoms with E-state index in [-0.39, 0.29) is 12.3 Å². The predicted octanol–water partition coefficient (Wildman–Crippen LogP) is 4.21. The summed E-state index contributed by atoms with van der Waals surface area (Å²) in [6.07, 6.45) is 1.49. The van der Waals surface area contributed by atoms with E-state index in [9.17, 15) is 4.79 Å². The molecule has 0 radical (unpaired) electrons. The Kier molecular flexibility index (Phi) is 6.60. The molecule has 2 rings (SSSR count). The van der Waals surface area contributed by atoms with Gasteiger partial charge >= 0.3 is 5.97 Å². The van der Waals surface area contributed by atoms with Crippen molar-refractivity contribution in [1.29, 1.82) is 0 Å². The second kappa shape index (κ2) is 8.89. The van der Waals surface area contributed by atoms with Gasteiger partial charge in [0.15, 0.2) is 5.71 Å². The third kappa shape index (κ3) is 4.84. The fourth-order valence-corrected chi connectivity index (χ4v) is 2.29. The lowest BCUT2D eigenvalue weighted by molar-refractivity contribution is -0.134. The summed E-state index contributed by atoms with van der Waals surface area (Å²) < 4.78 is 15.4. The molecule has 0 saturated carbocycles. The van der Waals surface area contributed by atoms with Crippen LogP contribution in [-0.4, -0.2) is 32.5 Å². The first kappa shape index (κ1) is 18.5. The quantitative estimate of drug-likeness (QED) is 0.422. The second-order valence-electron chi connectivity index (χ2n) is 4.89. The van der Waals surface area contributed by atoms with Crippen LogP contribution < -0.4 is 9.47 Å². The van der Waals surface area contributed by atoms with Crippen LogP contribution in [0.15, 0.2) is 60.1 Å². The van der Waals surface area contributed by atoms with Crippen molar-refractivity contribution in [3.63, 3.8) is 0 Å². The molecule has 2 aromatic carbocycles. The number of nitrogens with zero attached hydrogens (tertiary/aromatic N) is 1. The van der Waals surface area contributed by atoms with Crippen molar-refractivity contribution >= 4 is 29.0 Å². The zero-order valence-electron chi connectivity index (χ0n) is 14.0. The Labute approximate surface area is 151 Å². The van der Waals surface area contributed by atoms with Crippen molar-refractivity contribution in [2.45, 2.75) is 0 Å². The van der Waals surface area contributed by atoms with Crippen LogP contribution in [0.1, 0.15) is 5.56 Å². The Morgan fingerprint density at radius 2 is 1.88 bits per heavy atom. The third-order valence-electron chi connectivity index (χ3n) is 3.26. The van der Waals surface area contributed by atoms with Crippen LogP contribution in [0.2, 0.25) is 5.02 Å². The molecule has 5 nitrogen and oxygen atoms in total. The monoisotopic (exact) mass is 359 g/mol. The largest absolute Gasteiger partial charge is 0.497 e. The minimum Gasteiger partial charge on any atom is -0.497 e. The van der Waals surface area contributed by atoms with Crippen LogP contribution in [0.5, 0.6) is 11.5 Å². The van der Waals surface area contributed by atoms with Crippen molar-refractivity contribution in [1.82, 2.24) is 0 Å². The molecule has 0 unspecified atom stereocenters. The van der Waals surface area contributed by atoms with Gasteiger partial charge in [0.25, 0.3) is 0 Å². The van der Waals surface area contributed by atoms with E-state index in [2.05, 4.69) is 11.6 Å². The molecule has 0 amide bonds. The summed E-state index contributed by atoms with van der Waals surface area (Å²) in [6.45, 7) is 3.62. The van der Waals surface area contributed by atoms with E-state index in [0.717, 1.165) is 0 Å². The number of hydrogen-bond acceptors (Lipinski definition) is 5. The minimum absolute atomic E-state index is 0.0877. The number of carbonyl (C=O) groups excluding carboxylic acids is 1. The molecule has 0 aliphatic rings. The second-order valence-corrected chi connectivity index (χ2v) is 5.30. The molecule has 0 spiro atoms. The highest BCUT2D eigenvalue weighted by Crippen LogP contribution is 2.26. The van der Waals surface area contributed by atoms with Gasteiger partial charge in [-0.2, -0.15) is 0 Å². The van der Waals surface area contributed by atoms with Crippen LogP contribution in [0.4, 0.5) is 5.69 Å². The molecule has 0 N–H and O–H groups in total. The van der Waals surface area contributed by atoms with Crippen LogP contribution in [-0.2, 0) is 9.53 Å². The summed E-state index contributed by atoms with van der Waals surface area (Å²) in [5.74, 6) is 0.632. The zero-order chi connectivity index (χ0) is 18.2. The average Bonchev–Trinajstić information content (AvgIpc) is 2.64. The van der Waals surface area contributed by atoms with Gasteiger partial charge in [-0.25, -0.2) is 9.79 Å². The van der Waals surface area contributed by atoms with Gasteiger partial charge in [-0.1, -0.05) is 24.3 Å². The van der Waals surface area contributed by atoms with Gasteiger partial charge in [0, 0.05) is 5.56 Å². The van der Waals surface area contributed by atoms with Crippen molar-refractivity contribution in [3.8, 4) is 11.5 Å². The summed E-state index contributed by atoms with van der Waals surface area (Å²) in [7, 11) is 3.10. The number of benzene rings is 2. The first-order chi connectivity index (χ1) is 12.1. The van der Waals surface area contributed by atoms with E-state index in [4.69, 9.17) is 25.8 Å². The fraction of sp³-hybridized carbons (Fsp3) is 0.158. The van der Waals surface area contributed by atoms with E-state index in [1.165, 1.54) is 13.2 Å². The lowest BCUT2D eigenvalue weighted by Gasteiger charge is -2.09. The van der Waals surface area contributed by atoms with E-state index in [1.54, 1.807) is 49.6 Å². The third-order valence-corrected chi connectivity index (χ3v) is 3.56. The highest BCUT2D eigenvalue weighted by Gasteiger charge is 2.17. The zero-order valence-corrected chi connectivity index (χ0v) is 14.7. The van der Waals surface area contributed by atoms with E-state index in [0.29, 0.717) is 27.8 Å². The van der Waals surface area contributed by atoms with Gasteiger partial charge in [-0.3, -0.25) is 0 Å². The Morgan fingerprint density at radius 3 is 2.44 bits per heavy atom. The van der Waals surface area contributed by atoms with Crippen LogP contribution in [0.25, 0.3) is 0 Å². The summed E-state index contributed by atoms with van der Waals surface area (Å²) in [5, 5.41) is 0.374. The molecule has 0 aromatic heterocycles. The molecule has 0 aliphatic carbocycles. The number of halogens is 1. The van der Waals surface area contributed by atoms with E-state index in [1.807, 2.05) is 0 Å². The van der Waals surface area contributed by atoms with Crippen LogP contribution >= 0.6 is 11.6 Å². The van der Waals surface area contributed by atoms with Crippen molar-refractivity contribution in [3.05, 3.63) is 65.7 Å². The molecular weight excluding hydrogens is 342 g/mol. The Balaban J connectivity index is 2.44. The molecule has 0 fully saturated rings. The van der Waals surface area contributed by atoms with Gasteiger partial charge in [0.05, 0.1) is 24.9 Å². The lowest BCUT2D eigenvalue weighted by atomic mass is 10.1. The van der Waals surface area contributed by atoms with Gasteiger partial charge in [0.2, 0.25) is 0 Å². The summed E-state index contributed by atoms with van der Waals surface area (Å²) in [6, 6.07) is 12.0. The number of ether oxygens (including phenoxy) is 3. The number of methoxy groups -OCH3 is 2. The number of esters is 1. The number of carbonyl (C=O) groups is 1. The van der Waals surface area contributed by atoms with Gasteiger partial charge in [0.1, 0.15) is 18.1 Å². The highest BCUT2D eigenvalue weighted by molar-refractivity contribution is 6.44. The molecule has 0 atom stereocenters. The SMILES string of the molecule is C=CCOC(=O)C(=Nc1ccc(OC)cc1)c1ccc(OC)c(Cl)c1. The summed E-state index contributed by atoms with van der Waals surface area (Å²) >= 11 is 6.16. The lowest BCUT2D eigenvalue weighted by Crippen LogP contribution is -2.19. The van der Waals surface area contributed by atoms with Crippen molar-refractivity contribution in [2.75, 3.05) is 20.8 Å². The molecule has 2 aromatic rings. The smallest absolute Gasteiger partial charge is 0.357 e. The number of hydrogen-bond donors (Lipinski definition) is 0. The first-order valence-corrected chi connectivity index (χ1v) is 7.81. The van der Waals surface area contributed by atoms with Gasteiger partial charge < -0.3 is 14.2 Å².